The molecule has 30 heavy (non-hydrogen) atoms. The lowest BCUT2D eigenvalue weighted by molar-refractivity contribution is 0.272. The third-order valence-corrected chi connectivity index (χ3v) is 6.24. The van der Waals surface area contributed by atoms with Crippen molar-refractivity contribution in [2.75, 3.05) is 26.5 Å². The highest BCUT2D eigenvalue weighted by atomic mass is 35.5. The Morgan fingerprint density at radius 1 is 1.03 bits per heavy atom. The van der Waals surface area contributed by atoms with Gasteiger partial charge in [0, 0.05) is 5.75 Å². The van der Waals surface area contributed by atoms with E-state index in [1.807, 2.05) is 6.07 Å². The third-order valence-electron chi connectivity index (χ3n) is 4.72. The molecule has 0 N–H and O–H groups in total. The lowest BCUT2D eigenvalue weighted by Gasteiger charge is -2.23. The molecule has 5 nitrogen and oxygen atoms in total. The molecule has 160 valence electrons. The zero-order valence-corrected chi connectivity index (χ0v) is 19.7. The maximum Gasteiger partial charge on any atom is 0.191 e. The molecule has 0 fully saturated rings. The van der Waals surface area contributed by atoms with Crippen molar-refractivity contribution in [3.63, 3.8) is 0 Å². The van der Waals surface area contributed by atoms with Crippen LogP contribution in [-0.2, 0) is 6.54 Å². The standard InChI is InChI=1S/C22H26Cl2N4OS/c1-4-19(27(2)3)21-25-26-22(28(21)15-16-9-6-5-7-10-16)30-14-13-29-20-17(23)11-8-12-18(20)24/h5-12,19H,4,13-15H2,1-3H3/t19-/m1/s1. The number of ether oxygens (including phenoxy) is 1. The summed E-state index contributed by atoms with van der Waals surface area (Å²) >= 11 is 14.0. The Hall–Kier alpha value is -1.73. The average molecular weight is 465 g/mol. The Morgan fingerprint density at radius 3 is 2.37 bits per heavy atom. The van der Waals surface area contributed by atoms with Crippen molar-refractivity contribution in [1.29, 1.82) is 0 Å². The summed E-state index contributed by atoms with van der Waals surface area (Å²) in [6.45, 7) is 3.36. The first-order valence-corrected chi connectivity index (χ1v) is 11.6. The van der Waals surface area contributed by atoms with Gasteiger partial charge in [0.25, 0.3) is 0 Å². The van der Waals surface area contributed by atoms with Gasteiger partial charge in [-0.05, 0) is 38.2 Å². The highest BCUT2D eigenvalue weighted by molar-refractivity contribution is 7.99. The maximum atomic E-state index is 6.18. The number of benzene rings is 2. The van der Waals surface area contributed by atoms with E-state index in [0.29, 0.717) is 28.2 Å². The van der Waals surface area contributed by atoms with Crippen LogP contribution in [0.25, 0.3) is 0 Å². The van der Waals surface area contributed by atoms with E-state index in [0.717, 1.165) is 23.9 Å². The van der Waals surface area contributed by atoms with Crippen LogP contribution in [0.15, 0.2) is 53.7 Å². The highest BCUT2D eigenvalue weighted by Crippen LogP contribution is 2.32. The van der Waals surface area contributed by atoms with Gasteiger partial charge in [-0.1, -0.05) is 78.3 Å². The normalized spacial score (nSPS) is 12.3. The molecule has 0 bridgehead atoms. The molecule has 0 unspecified atom stereocenters. The molecule has 0 aliphatic heterocycles. The van der Waals surface area contributed by atoms with Crippen LogP contribution in [0.1, 0.15) is 30.8 Å². The van der Waals surface area contributed by atoms with E-state index in [9.17, 15) is 0 Å². The molecule has 0 saturated carbocycles. The van der Waals surface area contributed by atoms with E-state index in [1.54, 1.807) is 30.0 Å². The van der Waals surface area contributed by atoms with Gasteiger partial charge in [0.05, 0.1) is 29.2 Å². The predicted octanol–water partition coefficient (Wildman–Crippen LogP) is 5.82. The molecule has 0 amide bonds. The van der Waals surface area contributed by atoms with Crippen LogP contribution in [-0.4, -0.2) is 46.1 Å². The number of nitrogens with zero attached hydrogens (tertiary/aromatic N) is 4. The van der Waals surface area contributed by atoms with Crippen LogP contribution in [0.5, 0.6) is 5.75 Å². The van der Waals surface area contributed by atoms with Gasteiger partial charge in [-0.25, -0.2) is 0 Å². The minimum Gasteiger partial charge on any atom is -0.490 e. The minimum atomic E-state index is 0.203. The second-order valence-corrected chi connectivity index (χ2v) is 8.92. The third kappa shape index (κ3) is 5.70. The van der Waals surface area contributed by atoms with Gasteiger partial charge >= 0.3 is 0 Å². The topological polar surface area (TPSA) is 43.2 Å². The van der Waals surface area contributed by atoms with Gasteiger partial charge in [-0.15, -0.1) is 10.2 Å². The Balaban J connectivity index is 1.74. The zero-order valence-electron chi connectivity index (χ0n) is 17.4. The van der Waals surface area contributed by atoms with Gasteiger partial charge < -0.3 is 9.30 Å². The second kappa shape index (κ2) is 11.0. The van der Waals surface area contributed by atoms with Crippen molar-refractivity contribution in [2.24, 2.45) is 0 Å². The van der Waals surface area contributed by atoms with E-state index in [2.05, 4.69) is 64.9 Å². The summed E-state index contributed by atoms with van der Waals surface area (Å²) in [4.78, 5) is 2.18. The van der Waals surface area contributed by atoms with Crippen LogP contribution in [0.2, 0.25) is 10.0 Å². The predicted molar refractivity (Wildman–Crippen MR) is 125 cm³/mol. The average Bonchev–Trinajstić information content (AvgIpc) is 3.10. The smallest absolute Gasteiger partial charge is 0.191 e. The number of hydrogen-bond donors (Lipinski definition) is 0. The summed E-state index contributed by atoms with van der Waals surface area (Å²) in [6.07, 6.45) is 0.957. The quantitative estimate of drug-likeness (QED) is 0.279. The van der Waals surface area contributed by atoms with Crippen molar-refractivity contribution < 1.29 is 4.74 Å². The Morgan fingerprint density at radius 2 is 1.73 bits per heavy atom. The van der Waals surface area contributed by atoms with E-state index in [1.165, 1.54) is 5.56 Å². The van der Waals surface area contributed by atoms with Crippen LogP contribution in [0.3, 0.4) is 0 Å². The van der Waals surface area contributed by atoms with Crippen molar-refractivity contribution in [2.45, 2.75) is 31.1 Å². The number of para-hydroxylation sites is 1. The minimum absolute atomic E-state index is 0.203. The number of aromatic nitrogens is 3. The second-order valence-electron chi connectivity index (χ2n) is 7.05. The zero-order chi connectivity index (χ0) is 21.5. The molecule has 0 spiro atoms. The summed E-state index contributed by atoms with van der Waals surface area (Å²) in [7, 11) is 4.15. The summed E-state index contributed by atoms with van der Waals surface area (Å²) in [6, 6.07) is 15.9. The van der Waals surface area contributed by atoms with E-state index < -0.39 is 0 Å². The molecule has 2 aromatic carbocycles. The number of rotatable bonds is 10. The Kier molecular flexibility index (Phi) is 8.45. The fourth-order valence-electron chi connectivity index (χ4n) is 3.24. The summed E-state index contributed by atoms with van der Waals surface area (Å²) in [5.74, 6) is 2.20. The highest BCUT2D eigenvalue weighted by Gasteiger charge is 2.22. The van der Waals surface area contributed by atoms with Crippen LogP contribution < -0.4 is 4.74 Å². The van der Waals surface area contributed by atoms with Crippen molar-refractivity contribution >= 4 is 35.0 Å². The summed E-state index contributed by atoms with van der Waals surface area (Å²) < 4.78 is 8.02. The molecule has 0 aliphatic carbocycles. The van der Waals surface area contributed by atoms with Crippen LogP contribution in [0.4, 0.5) is 0 Å². The molecular weight excluding hydrogens is 439 g/mol. The molecule has 1 heterocycles. The fraction of sp³-hybridized carbons (Fsp3) is 0.364. The summed E-state index contributed by atoms with van der Waals surface area (Å²) in [5, 5.41) is 10.9. The summed E-state index contributed by atoms with van der Waals surface area (Å²) in [5.41, 5.74) is 1.22. The molecule has 8 heteroatoms. The van der Waals surface area contributed by atoms with Crippen LogP contribution >= 0.6 is 35.0 Å². The van der Waals surface area contributed by atoms with Gasteiger partial charge in [0.2, 0.25) is 0 Å². The monoisotopic (exact) mass is 464 g/mol. The molecule has 0 aliphatic rings. The van der Waals surface area contributed by atoms with Gasteiger partial charge in [-0.2, -0.15) is 0 Å². The number of hydrogen-bond acceptors (Lipinski definition) is 5. The molecule has 3 rings (SSSR count). The fourth-order valence-corrected chi connectivity index (χ4v) is 4.51. The Bertz CT molecular complexity index is 929. The first-order chi connectivity index (χ1) is 14.5. The number of thioether (sulfide) groups is 1. The molecule has 0 radical (unpaired) electrons. The van der Waals surface area contributed by atoms with Crippen LogP contribution in [0, 0.1) is 0 Å². The molecule has 0 saturated heterocycles. The maximum absolute atomic E-state index is 6.18. The largest absolute Gasteiger partial charge is 0.490 e. The lowest BCUT2D eigenvalue weighted by atomic mass is 10.2. The van der Waals surface area contributed by atoms with Crippen molar-refractivity contribution in [3.05, 3.63) is 70.0 Å². The van der Waals surface area contributed by atoms with E-state index in [4.69, 9.17) is 27.9 Å². The first-order valence-electron chi connectivity index (χ1n) is 9.84. The SMILES string of the molecule is CC[C@H](c1nnc(SCCOc2c(Cl)cccc2Cl)n1Cc1ccccc1)N(C)C. The van der Waals surface area contributed by atoms with E-state index >= 15 is 0 Å². The Labute approximate surface area is 192 Å². The molecular formula is C22H26Cl2N4OS. The molecule has 3 aromatic rings. The van der Waals surface area contributed by atoms with Gasteiger partial charge in [0.1, 0.15) is 0 Å². The van der Waals surface area contributed by atoms with Gasteiger partial charge in [-0.3, -0.25) is 4.90 Å². The molecule has 1 aromatic heterocycles. The van der Waals surface area contributed by atoms with Gasteiger partial charge in [0.15, 0.2) is 16.7 Å². The van der Waals surface area contributed by atoms with Crippen molar-refractivity contribution in [1.82, 2.24) is 19.7 Å². The lowest BCUT2D eigenvalue weighted by Crippen LogP contribution is -2.23. The number of halogens is 2. The van der Waals surface area contributed by atoms with Crippen molar-refractivity contribution in [3.8, 4) is 5.75 Å². The molecule has 1 atom stereocenters. The van der Waals surface area contributed by atoms with E-state index in [-0.39, 0.29) is 6.04 Å². The first kappa shape index (κ1) is 22.9.